The number of aromatic nitrogens is 3. The summed E-state index contributed by atoms with van der Waals surface area (Å²) < 4.78 is 7.39. The molecule has 2 fully saturated rings. The molecular weight excluding hydrogens is 318 g/mol. The molecule has 120 valence electrons. The minimum absolute atomic E-state index is 0.248. The Kier molecular flexibility index (Phi) is 4.02. The Morgan fingerprint density at radius 3 is 3.00 bits per heavy atom. The lowest BCUT2D eigenvalue weighted by molar-refractivity contribution is -0.00921. The van der Waals surface area contributed by atoms with Crippen molar-refractivity contribution in [2.45, 2.75) is 18.9 Å². The fourth-order valence-corrected chi connectivity index (χ4v) is 5.56. The number of hydrogen-bond donors (Lipinski definition) is 1. The maximum atomic E-state index is 5.52. The van der Waals surface area contributed by atoms with Crippen LogP contribution in [0.4, 0.5) is 5.13 Å². The summed E-state index contributed by atoms with van der Waals surface area (Å²) in [5.74, 6) is 2.45. The molecule has 8 heteroatoms. The summed E-state index contributed by atoms with van der Waals surface area (Å²) in [7, 11) is 0. The van der Waals surface area contributed by atoms with Crippen molar-refractivity contribution < 1.29 is 4.74 Å². The number of nitrogens with one attached hydrogen (secondary N) is 1. The van der Waals surface area contributed by atoms with Crippen molar-refractivity contribution in [3.63, 3.8) is 0 Å². The van der Waals surface area contributed by atoms with Crippen LogP contribution in [-0.2, 0) is 4.74 Å². The largest absolute Gasteiger partial charge is 0.379 e. The third kappa shape index (κ3) is 2.73. The molecule has 2 aromatic heterocycles. The third-order valence-electron chi connectivity index (χ3n) is 4.50. The summed E-state index contributed by atoms with van der Waals surface area (Å²) in [5, 5.41) is 9.12. The SMILES string of the molecule is Cc1cn2nc(NC[C@]3(N4CCOCC4)CCSC3)sc2n1. The van der Waals surface area contributed by atoms with Crippen LogP contribution in [0.2, 0.25) is 0 Å². The van der Waals surface area contributed by atoms with Gasteiger partial charge in [-0.1, -0.05) is 11.3 Å². The summed E-state index contributed by atoms with van der Waals surface area (Å²) in [4.78, 5) is 8.05. The summed E-state index contributed by atoms with van der Waals surface area (Å²) in [6, 6.07) is 0. The van der Waals surface area contributed by atoms with Gasteiger partial charge < -0.3 is 10.1 Å². The fourth-order valence-electron chi connectivity index (χ4n) is 3.26. The summed E-state index contributed by atoms with van der Waals surface area (Å²) >= 11 is 3.69. The van der Waals surface area contributed by atoms with Crippen LogP contribution in [0.5, 0.6) is 0 Å². The second-order valence-corrected chi connectivity index (χ2v) is 8.06. The predicted octanol–water partition coefficient (Wildman–Crippen LogP) is 1.72. The lowest BCUT2D eigenvalue weighted by atomic mass is 9.95. The Morgan fingerprint density at radius 1 is 1.41 bits per heavy atom. The Hall–Kier alpha value is -0.830. The second-order valence-electron chi connectivity index (χ2n) is 6.00. The highest BCUT2D eigenvalue weighted by atomic mass is 32.2. The molecule has 0 spiro atoms. The molecular formula is C14H21N5OS2. The van der Waals surface area contributed by atoms with Crippen molar-refractivity contribution in [2.24, 2.45) is 0 Å². The highest BCUT2D eigenvalue weighted by molar-refractivity contribution is 7.99. The van der Waals surface area contributed by atoms with E-state index in [1.54, 1.807) is 11.3 Å². The Labute approximate surface area is 138 Å². The van der Waals surface area contributed by atoms with Gasteiger partial charge in [-0.05, 0) is 19.1 Å². The highest BCUT2D eigenvalue weighted by Crippen LogP contribution is 2.34. The van der Waals surface area contributed by atoms with Gasteiger partial charge in [0.05, 0.1) is 25.1 Å². The van der Waals surface area contributed by atoms with E-state index >= 15 is 0 Å². The summed E-state index contributed by atoms with van der Waals surface area (Å²) in [6.07, 6.45) is 3.21. The van der Waals surface area contributed by atoms with Crippen molar-refractivity contribution >= 4 is 33.2 Å². The van der Waals surface area contributed by atoms with Crippen molar-refractivity contribution in [1.29, 1.82) is 0 Å². The normalized spacial score (nSPS) is 26.8. The van der Waals surface area contributed by atoms with Crippen molar-refractivity contribution in [3.05, 3.63) is 11.9 Å². The van der Waals surface area contributed by atoms with Gasteiger partial charge in [-0.3, -0.25) is 4.90 Å². The Balaban J connectivity index is 1.48. The van der Waals surface area contributed by atoms with E-state index in [0.29, 0.717) is 0 Å². The van der Waals surface area contributed by atoms with Gasteiger partial charge in [0.1, 0.15) is 0 Å². The standard InChI is InChI=1S/C14H21N5OS2/c1-11-8-19-13(16-11)22-12(17-19)15-9-14(2-7-21-10-14)18-3-5-20-6-4-18/h8H,2-7,9-10H2,1H3,(H,15,17)/t14-/m1/s1. The number of anilines is 1. The average molecular weight is 339 g/mol. The molecule has 4 heterocycles. The van der Waals surface area contributed by atoms with Gasteiger partial charge in [-0.25, -0.2) is 9.50 Å². The molecule has 6 nitrogen and oxygen atoms in total. The Morgan fingerprint density at radius 2 is 2.27 bits per heavy atom. The molecule has 2 saturated heterocycles. The van der Waals surface area contributed by atoms with Crippen LogP contribution in [0.25, 0.3) is 4.96 Å². The predicted molar refractivity (Wildman–Crippen MR) is 91.2 cm³/mol. The minimum Gasteiger partial charge on any atom is -0.379 e. The summed E-state index contributed by atoms with van der Waals surface area (Å²) in [5.41, 5.74) is 1.26. The van der Waals surface area contributed by atoms with Crippen molar-refractivity contribution in [2.75, 3.05) is 49.7 Å². The van der Waals surface area contributed by atoms with Gasteiger partial charge in [-0.2, -0.15) is 11.8 Å². The molecule has 1 atom stereocenters. The summed E-state index contributed by atoms with van der Waals surface area (Å²) in [6.45, 7) is 6.76. The highest BCUT2D eigenvalue weighted by Gasteiger charge is 2.40. The average Bonchev–Trinajstić information content (AvgIpc) is 3.21. The minimum atomic E-state index is 0.248. The quantitative estimate of drug-likeness (QED) is 0.915. The number of hydrogen-bond acceptors (Lipinski definition) is 7. The zero-order chi connectivity index (χ0) is 15.0. The van der Waals surface area contributed by atoms with Gasteiger partial charge in [0, 0.05) is 30.9 Å². The monoisotopic (exact) mass is 339 g/mol. The van der Waals surface area contributed by atoms with Crippen LogP contribution >= 0.6 is 23.1 Å². The van der Waals surface area contributed by atoms with E-state index in [4.69, 9.17) is 4.74 Å². The molecule has 4 rings (SSSR count). The van der Waals surface area contributed by atoms with Crippen LogP contribution in [0.3, 0.4) is 0 Å². The van der Waals surface area contributed by atoms with E-state index in [0.717, 1.165) is 48.6 Å². The van der Waals surface area contributed by atoms with E-state index in [-0.39, 0.29) is 5.54 Å². The first-order valence-corrected chi connectivity index (χ1v) is 9.70. The third-order valence-corrected chi connectivity index (χ3v) is 6.61. The maximum Gasteiger partial charge on any atom is 0.214 e. The molecule has 22 heavy (non-hydrogen) atoms. The number of nitrogens with zero attached hydrogens (tertiary/aromatic N) is 4. The topological polar surface area (TPSA) is 54.7 Å². The van der Waals surface area contributed by atoms with E-state index in [2.05, 4.69) is 32.1 Å². The zero-order valence-electron chi connectivity index (χ0n) is 12.7. The Bertz CT molecular complexity index is 611. The first-order chi connectivity index (χ1) is 10.8. The number of aryl methyl sites for hydroxylation is 1. The van der Waals surface area contributed by atoms with Crippen LogP contribution < -0.4 is 5.32 Å². The van der Waals surface area contributed by atoms with Gasteiger partial charge in [0.25, 0.3) is 0 Å². The zero-order valence-corrected chi connectivity index (χ0v) is 14.4. The number of fused-ring (bicyclic) bond motifs is 1. The van der Waals surface area contributed by atoms with Gasteiger partial charge in [-0.15, -0.1) is 5.10 Å². The van der Waals surface area contributed by atoms with Crippen LogP contribution in [0.15, 0.2) is 6.20 Å². The van der Waals surface area contributed by atoms with Crippen molar-refractivity contribution in [1.82, 2.24) is 19.5 Å². The second kappa shape index (κ2) is 5.99. The molecule has 0 aliphatic carbocycles. The lowest BCUT2D eigenvalue weighted by Crippen LogP contribution is -2.57. The number of rotatable bonds is 4. The van der Waals surface area contributed by atoms with Crippen LogP contribution in [0.1, 0.15) is 12.1 Å². The van der Waals surface area contributed by atoms with Gasteiger partial charge in [0.15, 0.2) is 0 Å². The van der Waals surface area contributed by atoms with Gasteiger partial charge in [0.2, 0.25) is 10.1 Å². The number of morpholine rings is 1. The van der Waals surface area contributed by atoms with E-state index in [9.17, 15) is 0 Å². The first kappa shape index (κ1) is 14.7. The fraction of sp³-hybridized carbons (Fsp3) is 0.714. The molecule has 0 unspecified atom stereocenters. The molecule has 2 aliphatic heterocycles. The molecule has 1 N–H and O–H groups in total. The maximum absolute atomic E-state index is 5.52. The number of imidazole rings is 1. The first-order valence-electron chi connectivity index (χ1n) is 7.72. The van der Waals surface area contributed by atoms with E-state index in [1.165, 1.54) is 17.9 Å². The van der Waals surface area contributed by atoms with E-state index < -0.39 is 0 Å². The number of thioether (sulfide) groups is 1. The smallest absolute Gasteiger partial charge is 0.214 e. The van der Waals surface area contributed by atoms with E-state index in [1.807, 2.05) is 17.6 Å². The molecule has 0 bridgehead atoms. The molecule has 0 saturated carbocycles. The number of ether oxygens (including phenoxy) is 1. The lowest BCUT2D eigenvalue weighted by Gasteiger charge is -2.43. The molecule has 0 radical (unpaired) electrons. The molecule has 2 aliphatic rings. The van der Waals surface area contributed by atoms with Crippen LogP contribution in [0, 0.1) is 6.92 Å². The molecule has 0 amide bonds. The molecule has 0 aromatic carbocycles. The molecule has 2 aromatic rings. The van der Waals surface area contributed by atoms with Crippen molar-refractivity contribution in [3.8, 4) is 0 Å². The van der Waals surface area contributed by atoms with Gasteiger partial charge >= 0.3 is 0 Å². The van der Waals surface area contributed by atoms with Crippen LogP contribution in [-0.4, -0.2) is 69.4 Å².